The van der Waals surface area contributed by atoms with Gasteiger partial charge in [-0.25, -0.2) is 4.79 Å². The van der Waals surface area contributed by atoms with Crippen LogP contribution in [0.15, 0.2) is 48.5 Å². The van der Waals surface area contributed by atoms with E-state index in [0.29, 0.717) is 31.6 Å². The van der Waals surface area contributed by atoms with E-state index in [-0.39, 0.29) is 18.4 Å². The molecule has 2 aliphatic heterocycles. The maximum atomic E-state index is 12.4. The Bertz CT molecular complexity index is 923. The van der Waals surface area contributed by atoms with Crippen LogP contribution in [0.3, 0.4) is 0 Å². The molecule has 0 unspecified atom stereocenters. The van der Waals surface area contributed by atoms with E-state index in [4.69, 9.17) is 4.74 Å². The molecule has 0 radical (unpaired) electrons. The van der Waals surface area contributed by atoms with Crippen molar-refractivity contribution >= 4 is 23.5 Å². The van der Waals surface area contributed by atoms with Crippen molar-refractivity contribution in [1.82, 2.24) is 4.90 Å². The van der Waals surface area contributed by atoms with Crippen LogP contribution in [0, 0.1) is 0 Å². The van der Waals surface area contributed by atoms with Crippen LogP contribution in [0.1, 0.15) is 40.7 Å². The molecule has 2 aromatic rings. The second-order valence-corrected chi connectivity index (χ2v) is 7.46. The number of rotatable bonds is 4. The molecule has 2 heterocycles. The Morgan fingerprint density at radius 3 is 2.41 bits per heavy atom. The number of esters is 1. The van der Waals surface area contributed by atoms with Crippen molar-refractivity contribution in [3.63, 3.8) is 0 Å². The largest absolute Gasteiger partial charge is 0.452 e. The fourth-order valence-electron chi connectivity index (χ4n) is 3.87. The molecule has 0 aromatic heterocycles. The number of carbonyl (C=O) groups is 3. The van der Waals surface area contributed by atoms with Crippen LogP contribution in [0.4, 0.5) is 5.69 Å². The van der Waals surface area contributed by atoms with E-state index in [9.17, 15) is 14.4 Å². The number of hydrogen-bond acceptors (Lipinski definition) is 4. The lowest BCUT2D eigenvalue weighted by molar-refractivity contribution is -0.135. The average Bonchev–Trinajstić information content (AvgIpc) is 2.77. The third-order valence-corrected chi connectivity index (χ3v) is 5.55. The molecule has 150 valence electrons. The number of hydrogen-bond donors (Lipinski definition) is 0. The molecule has 6 nitrogen and oxygen atoms in total. The number of benzene rings is 2. The van der Waals surface area contributed by atoms with Crippen molar-refractivity contribution in [2.24, 2.45) is 0 Å². The zero-order valence-electron chi connectivity index (χ0n) is 16.3. The van der Waals surface area contributed by atoms with Crippen LogP contribution >= 0.6 is 0 Å². The first-order chi connectivity index (χ1) is 14.1. The summed E-state index contributed by atoms with van der Waals surface area (Å²) in [5.74, 6) is -0.615. The van der Waals surface area contributed by atoms with Crippen LogP contribution in [0.2, 0.25) is 0 Å². The molecule has 0 N–H and O–H groups in total. The SMILES string of the molecule is O=C(OCC(=O)N1CCc2ccccc2C1)c1ccc(N2CCCCC2=O)cc1. The Labute approximate surface area is 170 Å². The molecule has 2 aliphatic rings. The van der Waals surface area contributed by atoms with Crippen molar-refractivity contribution < 1.29 is 19.1 Å². The predicted molar refractivity (Wildman–Crippen MR) is 108 cm³/mol. The quantitative estimate of drug-likeness (QED) is 0.751. The van der Waals surface area contributed by atoms with E-state index < -0.39 is 5.97 Å². The van der Waals surface area contributed by atoms with Gasteiger partial charge < -0.3 is 14.5 Å². The average molecular weight is 392 g/mol. The summed E-state index contributed by atoms with van der Waals surface area (Å²) >= 11 is 0. The number of fused-ring (bicyclic) bond motifs is 1. The Kier molecular flexibility index (Phi) is 5.60. The summed E-state index contributed by atoms with van der Waals surface area (Å²) in [5, 5.41) is 0. The highest BCUT2D eigenvalue weighted by Gasteiger charge is 2.22. The van der Waals surface area contributed by atoms with E-state index >= 15 is 0 Å². The second kappa shape index (κ2) is 8.47. The normalized spacial score (nSPS) is 16.3. The molecule has 1 fully saturated rings. The van der Waals surface area contributed by atoms with Crippen LogP contribution in [0.25, 0.3) is 0 Å². The number of nitrogens with zero attached hydrogens (tertiary/aromatic N) is 2. The molecule has 0 atom stereocenters. The van der Waals surface area contributed by atoms with Crippen LogP contribution < -0.4 is 4.90 Å². The summed E-state index contributed by atoms with van der Waals surface area (Å²) in [5.41, 5.74) is 3.56. The summed E-state index contributed by atoms with van der Waals surface area (Å²) < 4.78 is 5.23. The van der Waals surface area contributed by atoms with Crippen molar-refractivity contribution in [3.8, 4) is 0 Å². The molecule has 0 aliphatic carbocycles. The van der Waals surface area contributed by atoms with E-state index in [1.165, 1.54) is 5.56 Å². The maximum Gasteiger partial charge on any atom is 0.338 e. The van der Waals surface area contributed by atoms with Gasteiger partial charge >= 0.3 is 5.97 Å². The van der Waals surface area contributed by atoms with Gasteiger partial charge in [0.2, 0.25) is 5.91 Å². The number of piperidine rings is 1. The third kappa shape index (κ3) is 4.31. The van der Waals surface area contributed by atoms with Crippen LogP contribution in [-0.4, -0.2) is 42.4 Å². The summed E-state index contributed by atoms with van der Waals surface area (Å²) in [6.45, 7) is 1.61. The summed E-state index contributed by atoms with van der Waals surface area (Å²) in [4.78, 5) is 40.2. The van der Waals surface area contributed by atoms with Crippen molar-refractivity contribution in [3.05, 3.63) is 65.2 Å². The van der Waals surface area contributed by atoms with E-state index in [1.54, 1.807) is 34.1 Å². The number of anilines is 1. The molecular weight excluding hydrogens is 368 g/mol. The molecule has 4 rings (SSSR count). The van der Waals surface area contributed by atoms with Gasteiger partial charge in [-0.05, 0) is 54.7 Å². The predicted octanol–water partition coefficient (Wildman–Crippen LogP) is 2.95. The van der Waals surface area contributed by atoms with Gasteiger partial charge in [-0.2, -0.15) is 0 Å². The number of amides is 2. The molecule has 1 saturated heterocycles. The highest BCUT2D eigenvalue weighted by Crippen LogP contribution is 2.22. The molecule has 29 heavy (non-hydrogen) atoms. The molecule has 0 spiro atoms. The fourth-order valence-corrected chi connectivity index (χ4v) is 3.87. The topological polar surface area (TPSA) is 66.9 Å². The van der Waals surface area contributed by atoms with E-state index in [1.807, 2.05) is 18.2 Å². The maximum absolute atomic E-state index is 12.4. The minimum absolute atomic E-state index is 0.111. The van der Waals surface area contributed by atoms with Crippen molar-refractivity contribution in [2.45, 2.75) is 32.2 Å². The molecule has 0 saturated carbocycles. The van der Waals surface area contributed by atoms with Gasteiger partial charge in [-0.15, -0.1) is 0 Å². The lowest BCUT2D eigenvalue weighted by atomic mass is 10.00. The minimum atomic E-state index is -0.535. The first-order valence-electron chi connectivity index (χ1n) is 10.0. The molecule has 0 bridgehead atoms. The smallest absolute Gasteiger partial charge is 0.338 e. The van der Waals surface area contributed by atoms with Gasteiger partial charge in [0.25, 0.3) is 5.91 Å². The van der Waals surface area contributed by atoms with Gasteiger partial charge in [-0.1, -0.05) is 24.3 Å². The summed E-state index contributed by atoms with van der Waals surface area (Å²) in [6, 6.07) is 14.9. The fraction of sp³-hybridized carbons (Fsp3) is 0.348. The highest BCUT2D eigenvalue weighted by atomic mass is 16.5. The highest BCUT2D eigenvalue weighted by molar-refractivity contribution is 5.95. The molecular formula is C23H24N2O4. The first-order valence-corrected chi connectivity index (χ1v) is 10.0. The second-order valence-electron chi connectivity index (χ2n) is 7.46. The number of ether oxygens (including phenoxy) is 1. The monoisotopic (exact) mass is 392 g/mol. The van der Waals surface area contributed by atoms with Gasteiger partial charge in [0, 0.05) is 31.7 Å². The van der Waals surface area contributed by atoms with Crippen molar-refractivity contribution in [2.75, 3.05) is 24.6 Å². The summed E-state index contributed by atoms with van der Waals surface area (Å²) in [7, 11) is 0. The van der Waals surface area contributed by atoms with Gasteiger partial charge in [-0.3, -0.25) is 9.59 Å². The Balaban J connectivity index is 1.31. The minimum Gasteiger partial charge on any atom is -0.452 e. The van der Waals surface area contributed by atoms with Crippen molar-refractivity contribution in [1.29, 1.82) is 0 Å². The lowest BCUT2D eigenvalue weighted by Gasteiger charge is -2.28. The van der Waals surface area contributed by atoms with Gasteiger partial charge in [0.1, 0.15) is 0 Å². The molecule has 6 heteroatoms. The van der Waals surface area contributed by atoms with E-state index in [0.717, 1.165) is 30.5 Å². The zero-order chi connectivity index (χ0) is 20.2. The Morgan fingerprint density at radius 1 is 0.897 bits per heavy atom. The lowest BCUT2D eigenvalue weighted by Crippen LogP contribution is -2.38. The molecule has 2 amide bonds. The Hall–Kier alpha value is -3.15. The van der Waals surface area contributed by atoms with Gasteiger partial charge in [0.05, 0.1) is 5.56 Å². The Morgan fingerprint density at radius 2 is 1.66 bits per heavy atom. The first kappa shape index (κ1) is 19.2. The standard InChI is InChI=1S/C23H24N2O4/c26-21-7-3-4-13-25(21)20-10-8-18(9-11-20)23(28)29-16-22(27)24-14-12-17-5-1-2-6-19(17)15-24/h1-2,5-6,8-11H,3-4,7,12-16H2. The van der Waals surface area contributed by atoms with Gasteiger partial charge in [0.15, 0.2) is 6.61 Å². The molecule has 2 aromatic carbocycles. The van der Waals surface area contributed by atoms with E-state index in [2.05, 4.69) is 6.07 Å². The zero-order valence-corrected chi connectivity index (χ0v) is 16.3. The summed E-state index contributed by atoms with van der Waals surface area (Å²) in [6.07, 6.45) is 3.29. The van der Waals surface area contributed by atoms with Crippen LogP contribution in [0.5, 0.6) is 0 Å². The number of carbonyl (C=O) groups excluding carboxylic acids is 3. The third-order valence-electron chi connectivity index (χ3n) is 5.55. The van der Waals surface area contributed by atoms with Crippen LogP contribution in [-0.2, 0) is 27.3 Å².